The lowest BCUT2D eigenvalue weighted by molar-refractivity contribution is -0.112. The van der Waals surface area contributed by atoms with Crippen molar-refractivity contribution in [1.29, 1.82) is 5.26 Å². The van der Waals surface area contributed by atoms with Crippen molar-refractivity contribution in [3.63, 3.8) is 0 Å². The SMILES string of the molecule is Cc1c(Cl)cccc1NC(=O)/C(C#N)=C\c1cc(Br)ccc1OCc1ccc(Cl)cc1. The van der Waals surface area contributed by atoms with E-state index in [2.05, 4.69) is 21.2 Å². The van der Waals surface area contributed by atoms with Crippen molar-refractivity contribution in [3.05, 3.63) is 97.4 Å². The predicted molar refractivity (Wildman–Crippen MR) is 128 cm³/mol. The van der Waals surface area contributed by atoms with E-state index in [9.17, 15) is 10.1 Å². The van der Waals surface area contributed by atoms with Gasteiger partial charge in [0, 0.05) is 25.8 Å². The Morgan fingerprint density at radius 1 is 1.16 bits per heavy atom. The average Bonchev–Trinajstić information content (AvgIpc) is 2.75. The Kier molecular flexibility index (Phi) is 7.75. The summed E-state index contributed by atoms with van der Waals surface area (Å²) in [5, 5.41) is 13.5. The number of carbonyl (C=O) groups is 1. The maximum absolute atomic E-state index is 12.7. The molecule has 0 spiro atoms. The van der Waals surface area contributed by atoms with Crippen LogP contribution in [0.4, 0.5) is 5.69 Å². The van der Waals surface area contributed by atoms with Gasteiger partial charge in [0.1, 0.15) is 24.0 Å². The summed E-state index contributed by atoms with van der Waals surface area (Å²) in [5.74, 6) is 0.00845. The van der Waals surface area contributed by atoms with Crippen LogP contribution in [0.3, 0.4) is 0 Å². The lowest BCUT2D eigenvalue weighted by Crippen LogP contribution is -2.14. The number of anilines is 1. The van der Waals surface area contributed by atoms with Crippen LogP contribution >= 0.6 is 39.1 Å². The minimum atomic E-state index is -0.531. The zero-order chi connectivity index (χ0) is 22.4. The van der Waals surface area contributed by atoms with E-state index in [1.807, 2.05) is 24.3 Å². The predicted octanol–water partition coefficient (Wildman–Crippen LogP) is 7.19. The maximum atomic E-state index is 12.7. The van der Waals surface area contributed by atoms with Crippen LogP contribution in [0, 0.1) is 18.3 Å². The number of hydrogen-bond acceptors (Lipinski definition) is 3. The summed E-state index contributed by atoms with van der Waals surface area (Å²) < 4.78 is 6.72. The topological polar surface area (TPSA) is 62.1 Å². The normalized spacial score (nSPS) is 11.0. The van der Waals surface area contributed by atoms with Crippen LogP contribution in [-0.4, -0.2) is 5.91 Å². The molecule has 31 heavy (non-hydrogen) atoms. The van der Waals surface area contributed by atoms with Crippen LogP contribution in [-0.2, 0) is 11.4 Å². The van der Waals surface area contributed by atoms with Gasteiger partial charge in [0.2, 0.25) is 0 Å². The summed E-state index contributed by atoms with van der Waals surface area (Å²) >= 11 is 15.5. The van der Waals surface area contributed by atoms with Crippen LogP contribution in [0.15, 0.2) is 70.7 Å². The number of rotatable bonds is 6. The fourth-order valence-corrected chi connectivity index (χ4v) is 3.42. The van der Waals surface area contributed by atoms with Gasteiger partial charge >= 0.3 is 0 Å². The van der Waals surface area contributed by atoms with Gasteiger partial charge in [-0.2, -0.15) is 5.26 Å². The van der Waals surface area contributed by atoms with Crippen molar-refractivity contribution in [2.45, 2.75) is 13.5 Å². The highest BCUT2D eigenvalue weighted by Gasteiger charge is 2.14. The molecule has 0 aliphatic carbocycles. The summed E-state index contributed by atoms with van der Waals surface area (Å²) in [5.41, 5.74) is 2.75. The Morgan fingerprint density at radius 2 is 1.90 bits per heavy atom. The van der Waals surface area contributed by atoms with E-state index >= 15 is 0 Å². The lowest BCUT2D eigenvalue weighted by atomic mass is 10.1. The first-order valence-electron chi connectivity index (χ1n) is 9.22. The third kappa shape index (κ3) is 6.11. The van der Waals surface area contributed by atoms with E-state index in [1.165, 1.54) is 6.08 Å². The highest BCUT2D eigenvalue weighted by Crippen LogP contribution is 2.28. The van der Waals surface area contributed by atoms with Gasteiger partial charge in [-0.3, -0.25) is 4.79 Å². The van der Waals surface area contributed by atoms with Gasteiger partial charge in [-0.1, -0.05) is 57.3 Å². The standard InChI is InChI=1S/C24H17BrCl2N2O2/c1-15-21(27)3-2-4-22(15)29-24(30)18(13-28)11-17-12-19(25)7-10-23(17)31-14-16-5-8-20(26)9-6-16/h2-12H,14H2,1H3,(H,29,30)/b18-11-. The summed E-state index contributed by atoms with van der Waals surface area (Å²) in [6, 6.07) is 19.9. The summed E-state index contributed by atoms with van der Waals surface area (Å²) in [7, 11) is 0. The second-order valence-electron chi connectivity index (χ2n) is 6.63. The first-order chi connectivity index (χ1) is 14.9. The van der Waals surface area contributed by atoms with Crippen molar-refractivity contribution in [3.8, 4) is 11.8 Å². The highest BCUT2D eigenvalue weighted by molar-refractivity contribution is 9.10. The highest BCUT2D eigenvalue weighted by atomic mass is 79.9. The Labute approximate surface area is 199 Å². The summed E-state index contributed by atoms with van der Waals surface area (Å²) in [6.45, 7) is 2.11. The van der Waals surface area contributed by atoms with Gasteiger partial charge in [-0.15, -0.1) is 0 Å². The fourth-order valence-electron chi connectivity index (χ4n) is 2.74. The van der Waals surface area contributed by atoms with Gasteiger partial charge in [0.15, 0.2) is 0 Å². The molecule has 0 fully saturated rings. The molecule has 0 heterocycles. The molecule has 156 valence electrons. The number of ether oxygens (including phenoxy) is 1. The average molecular weight is 516 g/mol. The number of benzene rings is 3. The van der Waals surface area contributed by atoms with E-state index in [0.717, 1.165) is 15.6 Å². The summed E-state index contributed by atoms with van der Waals surface area (Å²) in [6.07, 6.45) is 1.50. The molecule has 3 aromatic carbocycles. The molecule has 0 radical (unpaired) electrons. The Morgan fingerprint density at radius 3 is 2.61 bits per heavy atom. The van der Waals surface area contributed by atoms with Crippen LogP contribution in [0.2, 0.25) is 10.0 Å². The van der Waals surface area contributed by atoms with Gasteiger partial charge in [0.05, 0.1) is 0 Å². The van der Waals surface area contributed by atoms with E-state index in [4.69, 9.17) is 27.9 Å². The first kappa shape index (κ1) is 22.9. The molecule has 0 atom stereocenters. The number of halogens is 3. The molecular weight excluding hydrogens is 499 g/mol. The molecule has 3 aromatic rings. The third-order valence-corrected chi connectivity index (χ3v) is 5.61. The molecule has 0 aliphatic rings. The number of nitrogens with zero attached hydrogens (tertiary/aromatic N) is 1. The van der Waals surface area contributed by atoms with Gasteiger partial charge in [0.25, 0.3) is 5.91 Å². The minimum Gasteiger partial charge on any atom is -0.488 e. The molecule has 7 heteroatoms. The van der Waals surface area contributed by atoms with E-state index in [-0.39, 0.29) is 5.57 Å². The van der Waals surface area contributed by atoms with Crippen molar-refractivity contribution >= 4 is 56.8 Å². The molecule has 0 saturated carbocycles. The van der Waals surface area contributed by atoms with Crippen LogP contribution in [0.1, 0.15) is 16.7 Å². The molecule has 4 nitrogen and oxygen atoms in total. The van der Waals surface area contributed by atoms with Gasteiger partial charge in [-0.25, -0.2) is 0 Å². The first-order valence-corrected chi connectivity index (χ1v) is 10.8. The quantitative estimate of drug-likeness (QED) is 0.279. The second-order valence-corrected chi connectivity index (χ2v) is 8.39. The zero-order valence-electron chi connectivity index (χ0n) is 16.5. The number of nitriles is 1. The van der Waals surface area contributed by atoms with Gasteiger partial charge in [-0.05, 0) is 66.6 Å². The minimum absolute atomic E-state index is 0.0613. The van der Waals surface area contributed by atoms with Crippen LogP contribution in [0.25, 0.3) is 6.08 Å². The summed E-state index contributed by atoms with van der Waals surface area (Å²) in [4.78, 5) is 12.7. The van der Waals surface area contributed by atoms with Crippen LogP contribution < -0.4 is 10.1 Å². The largest absolute Gasteiger partial charge is 0.488 e. The monoisotopic (exact) mass is 514 g/mol. The van der Waals surface area contributed by atoms with Crippen molar-refractivity contribution in [2.75, 3.05) is 5.32 Å². The van der Waals surface area contributed by atoms with Crippen molar-refractivity contribution in [1.82, 2.24) is 0 Å². The Hall–Kier alpha value is -2.78. The molecule has 0 unspecified atom stereocenters. The fraction of sp³-hybridized carbons (Fsp3) is 0.0833. The molecule has 3 rings (SSSR count). The number of nitrogens with one attached hydrogen (secondary N) is 1. The number of amides is 1. The maximum Gasteiger partial charge on any atom is 0.266 e. The van der Waals surface area contributed by atoms with E-state index in [0.29, 0.717) is 33.7 Å². The molecule has 1 amide bonds. The molecule has 1 N–H and O–H groups in total. The molecule has 0 aliphatic heterocycles. The molecule has 0 aromatic heterocycles. The number of carbonyl (C=O) groups excluding carboxylic acids is 1. The smallest absolute Gasteiger partial charge is 0.266 e. The zero-order valence-corrected chi connectivity index (χ0v) is 19.6. The Bertz CT molecular complexity index is 1190. The van der Waals surface area contributed by atoms with E-state index in [1.54, 1.807) is 49.4 Å². The van der Waals surface area contributed by atoms with E-state index < -0.39 is 5.91 Å². The van der Waals surface area contributed by atoms with Crippen LogP contribution in [0.5, 0.6) is 5.75 Å². The lowest BCUT2D eigenvalue weighted by Gasteiger charge is -2.11. The molecular formula is C24H17BrCl2N2O2. The van der Waals surface area contributed by atoms with Crippen molar-refractivity contribution in [2.24, 2.45) is 0 Å². The van der Waals surface area contributed by atoms with Gasteiger partial charge < -0.3 is 10.1 Å². The van der Waals surface area contributed by atoms with Crippen molar-refractivity contribution < 1.29 is 9.53 Å². The Balaban J connectivity index is 1.84. The second kappa shape index (κ2) is 10.5. The molecule has 0 bridgehead atoms. The number of hydrogen-bond donors (Lipinski definition) is 1. The third-order valence-electron chi connectivity index (χ3n) is 4.46. The molecule has 0 saturated heterocycles.